The summed E-state index contributed by atoms with van der Waals surface area (Å²) in [7, 11) is 0. The molecule has 70 valence electrons. The van der Waals surface area contributed by atoms with Crippen molar-refractivity contribution >= 4 is 34.4 Å². The molecule has 1 aliphatic rings. The molecular formula is C10H13PS2. The van der Waals surface area contributed by atoms with E-state index in [1.165, 1.54) is 12.2 Å². The van der Waals surface area contributed by atoms with Crippen LogP contribution in [-0.2, 0) is 0 Å². The van der Waals surface area contributed by atoms with E-state index in [2.05, 4.69) is 60.0 Å². The molecule has 0 spiro atoms. The molecule has 0 aliphatic carbocycles. The summed E-state index contributed by atoms with van der Waals surface area (Å²) in [6, 6.07) is 10.9. The first-order valence-corrected chi connectivity index (χ1v) is 8.93. The first-order valence-electron chi connectivity index (χ1n) is 4.51. The van der Waals surface area contributed by atoms with E-state index >= 15 is 0 Å². The van der Waals surface area contributed by atoms with Crippen LogP contribution in [0.1, 0.15) is 13.3 Å². The minimum atomic E-state index is 0.0271. The van der Waals surface area contributed by atoms with Gasteiger partial charge in [-0.2, -0.15) is 0 Å². The number of hydrogen-bond acceptors (Lipinski definition) is 2. The molecule has 2 atom stereocenters. The van der Waals surface area contributed by atoms with Crippen LogP contribution in [0.3, 0.4) is 0 Å². The van der Waals surface area contributed by atoms with E-state index in [-0.39, 0.29) is 6.33 Å². The lowest BCUT2D eigenvalue weighted by molar-refractivity contribution is 0.923. The zero-order valence-corrected chi connectivity index (χ0v) is 10.2. The topological polar surface area (TPSA) is 0 Å². The molecule has 13 heavy (non-hydrogen) atoms. The van der Waals surface area contributed by atoms with Crippen LogP contribution < -0.4 is 5.30 Å². The number of rotatable bonds is 1. The number of benzene rings is 1. The molecule has 3 heteroatoms. The Kier molecular flexibility index (Phi) is 3.59. The second kappa shape index (κ2) is 4.72. The molecule has 0 N–H and O–H groups in total. The van der Waals surface area contributed by atoms with Crippen molar-refractivity contribution in [2.24, 2.45) is 0 Å². The zero-order valence-electron chi connectivity index (χ0n) is 7.64. The summed E-state index contributed by atoms with van der Waals surface area (Å²) in [6.45, 7) is 2.35. The molecule has 0 amide bonds. The van der Waals surface area contributed by atoms with E-state index in [1.54, 1.807) is 5.30 Å². The minimum absolute atomic E-state index is 0.0271. The van der Waals surface area contributed by atoms with E-state index in [0.717, 1.165) is 5.25 Å². The summed E-state index contributed by atoms with van der Waals surface area (Å²) in [6.07, 6.45) is 1.40. The van der Waals surface area contributed by atoms with Crippen molar-refractivity contribution in [2.45, 2.75) is 18.6 Å². The summed E-state index contributed by atoms with van der Waals surface area (Å²) >= 11 is 4.32. The van der Waals surface area contributed by atoms with Crippen molar-refractivity contribution < 1.29 is 0 Å². The third-order valence-electron chi connectivity index (χ3n) is 1.98. The molecule has 0 bridgehead atoms. The standard InChI is InChI=1S/C10H13PS2/c1-9-7-8-12-11(13-9)10-5-3-2-4-6-10/h2-6,9H,7-8H2,1H3/t9-,11-/m0/s1. The molecule has 1 aliphatic heterocycles. The second-order valence-corrected chi connectivity index (χ2v) is 10.1. The Morgan fingerprint density at radius 2 is 2.08 bits per heavy atom. The van der Waals surface area contributed by atoms with Gasteiger partial charge in [0, 0.05) is 11.6 Å². The summed E-state index contributed by atoms with van der Waals surface area (Å²) in [5.41, 5.74) is 0. The Morgan fingerprint density at radius 3 is 2.77 bits per heavy atom. The average molecular weight is 228 g/mol. The van der Waals surface area contributed by atoms with Crippen LogP contribution in [0.5, 0.6) is 0 Å². The monoisotopic (exact) mass is 228 g/mol. The van der Waals surface area contributed by atoms with Gasteiger partial charge in [0.15, 0.2) is 0 Å². The number of hydrogen-bond donors (Lipinski definition) is 0. The van der Waals surface area contributed by atoms with Crippen LogP contribution in [0.4, 0.5) is 0 Å². The van der Waals surface area contributed by atoms with E-state index < -0.39 is 0 Å². The van der Waals surface area contributed by atoms with Gasteiger partial charge < -0.3 is 0 Å². The quantitative estimate of drug-likeness (QED) is 0.669. The normalized spacial score (nSPS) is 28.7. The summed E-state index contributed by atoms with van der Waals surface area (Å²) < 4.78 is 0. The highest BCUT2D eigenvalue weighted by atomic mass is 33.1. The lowest BCUT2D eigenvalue weighted by Gasteiger charge is -2.25. The third-order valence-corrected chi connectivity index (χ3v) is 10.0. The van der Waals surface area contributed by atoms with Gasteiger partial charge in [-0.05, 0) is 17.5 Å². The molecule has 1 fully saturated rings. The Labute approximate surface area is 89.1 Å². The van der Waals surface area contributed by atoms with Crippen LogP contribution in [-0.4, -0.2) is 11.0 Å². The molecule has 1 aromatic carbocycles. The highest BCUT2D eigenvalue weighted by Gasteiger charge is 2.20. The van der Waals surface area contributed by atoms with Crippen LogP contribution >= 0.6 is 29.1 Å². The molecule has 0 nitrogen and oxygen atoms in total. The lowest BCUT2D eigenvalue weighted by Crippen LogP contribution is -2.06. The first kappa shape index (κ1) is 9.89. The maximum Gasteiger partial charge on any atom is 0.0440 e. The van der Waals surface area contributed by atoms with Crippen molar-refractivity contribution in [2.75, 3.05) is 5.75 Å². The predicted octanol–water partition coefficient (Wildman–Crippen LogP) is 3.88. The second-order valence-electron chi connectivity index (χ2n) is 3.13. The molecule has 0 radical (unpaired) electrons. The van der Waals surface area contributed by atoms with Crippen LogP contribution in [0.25, 0.3) is 0 Å². The summed E-state index contributed by atoms with van der Waals surface area (Å²) in [4.78, 5) is 0. The zero-order chi connectivity index (χ0) is 9.10. The predicted molar refractivity (Wildman–Crippen MR) is 67.1 cm³/mol. The summed E-state index contributed by atoms with van der Waals surface area (Å²) in [5, 5.41) is 2.40. The maximum absolute atomic E-state index is 2.35. The Morgan fingerprint density at radius 1 is 1.31 bits per heavy atom. The smallest absolute Gasteiger partial charge is 0.0440 e. The van der Waals surface area contributed by atoms with E-state index in [4.69, 9.17) is 0 Å². The van der Waals surface area contributed by atoms with Crippen molar-refractivity contribution in [1.29, 1.82) is 0 Å². The fourth-order valence-corrected chi connectivity index (χ4v) is 9.68. The van der Waals surface area contributed by atoms with Crippen LogP contribution in [0.15, 0.2) is 30.3 Å². The Bertz CT molecular complexity index is 263. The van der Waals surface area contributed by atoms with Crippen LogP contribution in [0.2, 0.25) is 0 Å². The van der Waals surface area contributed by atoms with Gasteiger partial charge in [0.1, 0.15) is 0 Å². The molecule has 2 rings (SSSR count). The largest absolute Gasteiger partial charge is 0.118 e. The van der Waals surface area contributed by atoms with Crippen molar-refractivity contribution in [1.82, 2.24) is 0 Å². The Hall–Kier alpha value is 0.350. The van der Waals surface area contributed by atoms with Gasteiger partial charge in [-0.1, -0.05) is 37.3 Å². The van der Waals surface area contributed by atoms with Gasteiger partial charge in [0.05, 0.1) is 0 Å². The van der Waals surface area contributed by atoms with E-state index in [9.17, 15) is 0 Å². The van der Waals surface area contributed by atoms with E-state index in [1.807, 2.05) is 0 Å². The molecule has 1 aromatic rings. The molecule has 1 heterocycles. The molecule has 0 saturated carbocycles. The minimum Gasteiger partial charge on any atom is -0.118 e. The molecule has 0 unspecified atom stereocenters. The van der Waals surface area contributed by atoms with Gasteiger partial charge in [-0.25, -0.2) is 0 Å². The van der Waals surface area contributed by atoms with E-state index in [0.29, 0.717) is 0 Å². The van der Waals surface area contributed by atoms with Gasteiger partial charge in [0.2, 0.25) is 0 Å². The van der Waals surface area contributed by atoms with Crippen molar-refractivity contribution in [3.63, 3.8) is 0 Å². The molecule has 0 aromatic heterocycles. The fraction of sp³-hybridized carbons (Fsp3) is 0.400. The van der Waals surface area contributed by atoms with Gasteiger partial charge >= 0.3 is 0 Å². The maximum atomic E-state index is 2.35. The lowest BCUT2D eigenvalue weighted by atomic mass is 10.4. The van der Waals surface area contributed by atoms with Crippen molar-refractivity contribution in [3.05, 3.63) is 30.3 Å². The van der Waals surface area contributed by atoms with Gasteiger partial charge in [-0.3, -0.25) is 0 Å². The Balaban J connectivity index is 2.08. The average Bonchev–Trinajstić information content (AvgIpc) is 2.19. The molecular weight excluding hydrogens is 215 g/mol. The fourth-order valence-electron chi connectivity index (χ4n) is 1.23. The van der Waals surface area contributed by atoms with Crippen molar-refractivity contribution in [3.8, 4) is 0 Å². The van der Waals surface area contributed by atoms with Gasteiger partial charge in [-0.15, -0.1) is 22.8 Å². The highest BCUT2D eigenvalue weighted by molar-refractivity contribution is 8.90. The highest BCUT2D eigenvalue weighted by Crippen LogP contribution is 2.64. The van der Waals surface area contributed by atoms with Crippen LogP contribution in [0, 0.1) is 0 Å². The van der Waals surface area contributed by atoms with Gasteiger partial charge in [0.25, 0.3) is 0 Å². The third kappa shape index (κ3) is 2.65. The first-order chi connectivity index (χ1) is 6.36. The molecule has 1 saturated heterocycles. The summed E-state index contributed by atoms with van der Waals surface area (Å²) in [5.74, 6) is 1.34. The SMILES string of the molecule is C[C@H]1CCS[P@](c2ccccc2)S1.